The number of aryl methyl sites for hydroxylation is 1. The molecule has 0 spiro atoms. The lowest BCUT2D eigenvalue weighted by Crippen LogP contribution is -2.38. The molecule has 0 unspecified atom stereocenters. The number of primary amides is 1. The molecule has 1 atom stereocenters. The van der Waals surface area contributed by atoms with Crippen LogP contribution in [0.25, 0.3) is 0 Å². The van der Waals surface area contributed by atoms with Crippen molar-refractivity contribution in [2.45, 2.75) is 65.7 Å². The molecule has 1 aromatic rings. The molecule has 5 heteroatoms. The van der Waals surface area contributed by atoms with Gasteiger partial charge >= 0.3 is 0 Å². The van der Waals surface area contributed by atoms with Crippen LogP contribution in [-0.4, -0.2) is 33.3 Å². The number of hydrogen-bond donors (Lipinski definition) is 1. The molecule has 160 valence electrons. The molecular formula is C23H39NO4. The fourth-order valence-electron chi connectivity index (χ4n) is 3.25. The molecule has 0 radical (unpaired) electrons. The maximum atomic E-state index is 11.8. The van der Waals surface area contributed by atoms with Crippen LogP contribution >= 0.6 is 0 Å². The minimum atomic E-state index is -0.398. The van der Waals surface area contributed by atoms with Crippen LogP contribution in [0.15, 0.2) is 18.2 Å². The van der Waals surface area contributed by atoms with Gasteiger partial charge in [0, 0.05) is 25.6 Å². The van der Waals surface area contributed by atoms with E-state index in [1.54, 1.807) is 14.2 Å². The smallest absolute Gasteiger partial charge is 0.223 e. The van der Waals surface area contributed by atoms with Gasteiger partial charge in [-0.25, -0.2) is 0 Å². The first kappa shape index (κ1) is 24.3. The molecule has 0 aliphatic carbocycles. The van der Waals surface area contributed by atoms with Gasteiger partial charge in [0.05, 0.1) is 13.7 Å². The van der Waals surface area contributed by atoms with Crippen LogP contribution in [0, 0.1) is 11.3 Å². The topological polar surface area (TPSA) is 70.8 Å². The molecule has 0 fully saturated rings. The van der Waals surface area contributed by atoms with Crippen molar-refractivity contribution in [2.75, 3.05) is 27.4 Å². The van der Waals surface area contributed by atoms with E-state index in [9.17, 15) is 4.79 Å². The summed E-state index contributed by atoms with van der Waals surface area (Å²) in [5.41, 5.74) is 6.47. The Hall–Kier alpha value is -1.75. The maximum Gasteiger partial charge on any atom is 0.223 e. The third-order valence-electron chi connectivity index (χ3n) is 5.73. The van der Waals surface area contributed by atoms with E-state index in [2.05, 4.69) is 26.0 Å². The number of benzene rings is 1. The zero-order valence-corrected chi connectivity index (χ0v) is 18.4. The SMILES string of the molecule is COCCCOc1cc(CCCCCC[C@@](C)(C(N)=O)C(C)C)ccc1OC. The van der Waals surface area contributed by atoms with Gasteiger partial charge in [-0.3, -0.25) is 4.79 Å². The van der Waals surface area contributed by atoms with Crippen molar-refractivity contribution in [1.29, 1.82) is 0 Å². The van der Waals surface area contributed by atoms with E-state index in [4.69, 9.17) is 19.9 Å². The summed E-state index contributed by atoms with van der Waals surface area (Å²) in [7, 11) is 3.35. The van der Waals surface area contributed by atoms with E-state index in [1.165, 1.54) is 5.56 Å². The van der Waals surface area contributed by atoms with Gasteiger partial charge in [-0.15, -0.1) is 0 Å². The predicted molar refractivity (Wildman–Crippen MR) is 114 cm³/mol. The quantitative estimate of drug-likeness (QED) is 0.437. The van der Waals surface area contributed by atoms with Crippen LogP contribution in [0.2, 0.25) is 0 Å². The highest BCUT2D eigenvalue weighted by Gasteiger charge is 2.33. The molecule has 28 heavy (non-hydrogen) atoms. The Morgan fingerprint density at radius 3 is 2.36 bits per heavy atom. The summed E-state index contributed by atoms with van der Waals surface area (Å²) in [4.78, 5) is 11.8. The van der Waals surface area contributed by atoms with E-state index in [-0.39, 0.29) is 11.8 Å². The van der Waals surface area contributed by atoms with Crippen LogP contribution in [0.3, 0.4) is 0 Å². The molecule has 0 bridgehead atoms. The lowest BCUT2D eigenvalue weighted by Gasteiger charge is -2.30. The molecule has 5 nitrogen and oxygen atoms in total. The van der Waals surface area contributed by atoms with Crippen LogP contribution in [-0.2, 0) is 16.0 Å². The number of carbonyl (C=O) groups is 1. The Bertz CT molecular complexity index is 588. The van der Waals surface area contributed by atoms with E-state index in [0.29, 0.717) is 13.2 Å². The molecule has 0 aliphatic heterocycles. The van der Waals surface area contributed by atoms with Crippen LogP contribution in [0.4, 0.5) is 0 Å². The Morgan fingerprint density at radius 1 is 1.04 bits per heavy atom. The standard InChI is InChI=1S/C23H39NO4/c1-18(2)23(3,22(24)25)14-9-7-6-8-11-19-12-13-20(27-5)21(17-19)28-16-10-15-26-4/h12-13,17-18H,6-11,14-16H2,1-5H3,(H2,24,25)/t23-/m1/s1. The second-order valence-corrected chi connectivity index (χ2v) is 8.03. The summed E-state index contributed by atoms with van der Waals surface area (Å²) in [5.74, 6) is 1.65. The van der Waals surface area contributed by atoms with Crippen molar-refractivity contribution in [2.24, 2.45) is 17.1 Å². The summed E-state index contributed by atoms with van der Waals surface area (Å²) in [6, 6.07) is 6.15. The van der Waals surface area contributed by atoms with Crippen molar-refractivity contribution >= 4 is 5.91 Å². The van der Waals surface area contributed by atoms with Crippen molar-refractivity contribution < 1.29 is 19.0 Å². The van der Waals surface area contributed by atoms with E-state index < -0.39 is 5.41 Å². The average molecular weight is 394 g/mol. The number of methoxy groups -OCH3 is 2. The Balaban J connectivity index is 2.41. The Morgan fingerprint density at radius 2 is 1.75 bits per heavy atom. The molecule has 0 aliphatic rings. The zero-order chi connectivity index (χ0) is 21.0. The summed E-state index contributed by atoms with van der Waals surface area (Å²) in [6.45, 7) is 7.44. The molecule has 0 saturated carbocycles. The first-order chi connectivity index (χ1) is 13.3. The monoisotopic (exact) mass is 393 g/mol. The van der Waals surface area contributed by atoms with Crippen LogP contribution in [0.1, 0.15) is 64.9 Å². The van der Waals surface area contributed by atoms with Crippen LogP contribution in [0.5, 0.6) is 11.5 Å². The average Bonchev–Trinajstić information content (AvgIpc) is 2.67. The fraction of sp³-hybridized carbons (Fsp3) is 0.696. The number of nitrogens with two attached hydrogens (primary N) is 1. The molecule has 0 heterocycles. The Kier molecular flexibility index (Phi) is 11.0. The van der Waals surface area contributed by atoms with Gasteiger partial charge in [-0.05, 0) is 42.9 Å². The summed E-state index contributed by atoms with van der Waals surface area (Å²) < 4.78 is 16.3. The summed E-state index contributed by atoms with van der Waals surface area (Å²) >= 11 is 0. The lowest BCUT2D eigenvalue weighted by atomic mass is 9.74. The van der Waals surface area contributed by atoms with Crippen molar-refractivity contribution in [3.8, 4) is 11.5 Å². The minimum Gasteiger partial charge on any atom is -0.493 e. The van der Waals surface area contributed by atoms with Crippen molar-refractivity contribution in [3.05, 3.63) is 23.8 Å². The first-order valence-corrected chi connectivity index (χ1v) is 10.4. The van der Waals surface area contributed by atoms with Gasteiger partial charge in [0.25, 0.3) is 0 Å². The summed E-state index contributed by atoms with van der Waals surface area (Å²) in [6.07, 6.45) is 7.13. The Labute approximate surface area is 170 Å². The summed E-state index contributed by atoms with van der Waals surface area (Å²) in [5, 5.41) is 0. The second kappa shape index (κ2) is 12.7. The second-order valence-electron chi connectivity index (χ2n) is 8.03. The van der Waals surface area contributed by atoms with Crippen molar-refractivity contribution in [1.82, 2.24) is 0 Å². The molecule has 0 aromatic heterocycles. The predicted octanol–water partition coefficient (Wildman–Crippen LogP) is 4.75. The first-order valence-electron chi connectivity index (χ1n) is 10.4. The highest BCUT2D eigenvalue weighted by Crippen LogP contribution is 2.33. The van der Waals surface area contributed by atoms with Crippen molar-refractivity contribution in [3.63, 3.8) is 0 Å². The maximum absolute atomic E-state index is 11.8. The number of hydrogen-bond acceptors (Lipinski definition) is 4. The van der Waals surface area contributed by atoms with E-state index >= 15 is 0 Å². The molecular weight excluding hydrogens is 354 g/mol. The molecule has 1 rings (SSSR count). The van der Waals surface area contributed by atoms with Gasteiger partial charge < -0.3 is 19.9 Å². The number of amides is 1. The highest BCUT2D eigenvalue weighted by molar-refractivity contribution is 5.80. The third-order valence-corrected chi connectivity index (χ3v) is 5.73. The number of carbonyl (C=O) groups excluding carboxylic acids is 1. The van der Waals surface area contributed by atoms with Crippen LogP contribution < -0.4 is 15.2 Å². The highest BCUT2D eigenvalue weighted by atomic mass is 16.5. The number of unbranched alkanes of at least 4 members (excludes halogenated alkanes) is 3. The minimum absolute atomic E-state index is 0.182. The lowest BCUT2D eigenvalue weighted by molar-refractivity contribution is -0.129. The molecule has 1 amide bonds. The molecule has 1 aromatic carbocycles. The van der Waals surface area contributed by atoms with Gasteiger partial charge in [-0.2, -0.15) is 0 Å². The fourth-order valence-corrected chi connectivity index (χ4v) is 3.25. The molecule has 2 N–H and O–H groups in total. The van der Waals surface area contributed by atoms with Gasteiger partial charge in [-0.1, -0.05) is 46.1 Å². The third kappa shape index (κ3) is 7.70. The number of ether oxygens (including phenoxy) is 3. The number of rotatable bonds is 15. The van der Waals surface area contributed by atoms with E-state index in [1.807, 2.05) is 13.0 Å². The van der Waals surface area contributed by atoms with Gasteiger partial charge in [0.15, 0.2) is 11.5 Å². The van der Waals surface area contributed by atoms with Gasteiger partial charge in [0.2, 0.25) is 5.91 Å². The van der Waals surface area contributed by atoms with E-state index in [0.717, 1.165) is 56.4 Å². The molecule has 0 saturated heterocycles. The van der Waals surface area contributed by atoms with Gasteiger partial charge in [0.1, 0.15) is 0 Å². The largest absolute Gasteiger partial charge is 0.493 e. The normalized spacial score (nSPS) is 13.4. The zero-order valence-electron chi connectivity index (χ0n) is 18.4.